The number of hydrogen-bond acceptors (Lipinski definition) is 2. The van der Waals surface area contributed by atoms with E-state index in [0.717, 1.165) is 6.42 Å². The maximum atomic E-state index is 9.20. The molecule has 2 nitrogen and oxygen atoms in total. The third kappa shape index (κ3) is 51.0. The lowest BCUT2D eigenvalue weighted by atomic mass is 10.0. The van der Waals surface area contributed by atoms with Gasteiger partial charge in [-0.2, -0.15) is 0 Å². The first-order chi connectivity index (χ1) is 21.4. The van der Waals surface area contributed by atoms with Crippen molar-refractivity contribution in [1.82, 2.24) is 0 Å². The number of hydrogen-bond donors (Lipinski definition) is 2. The van der Waals surface area contributed by atoms with E-state index in [2.05, 4.69) is 33.2 Å². The molecule has 3 aromatic carbocycles. The van der Waals surface area contributed by atoms with Crippen LogP contribution in [0.3, 0.4) is 0 Å². The lowest BCUT2D eigenvalue weighted by Crippen LogP contribution is -1.86. The van der Waals surface area contributed by atoms with Gasteiger partial charge < -0.3 is 10.2 Å². The quantitative estimate of drug-likeness (QED) is 0.169. The molecule has 0 unspecified atom stereocenters. The zero-order valence-electron chi connectivity index (χ0n) is 29.0. The van der Waals surface area contributed by atoms with Crippen molar-refractivity contribution in [1.29, 1.82) is 0 Å². The predicted octanol–water partition coefficient (Wildman–Crippen LogP) is 13.7. The van der Waals surface area contributed by atoms with Crippen molar-refractivity contribution in [3.05, 3.63) is 147 Å². The Morgan fingerprint density at radius 3 is 1.00 bits per heavy atom. The fourth-order valence-electron chi connectivity index (χ4n) is 3.29. The SMILES string of the molecule is C=CC.C=CC.C=CC.C=CC.CCCCCCCCCCCCc1ccc(O)cc1.Oc1ccccc1.c1ccccc1. The summed E-state index contributed by atoms with van der Waals surface area (Å²) in [5, 5.41) is 17.8. The molecule has 2 heteroatoms. The second kappa shape index (κ2) is 46.2. The highest BCUT2D eigenvalue weighted by Gasteiger charge is 1.95. The average molecular weight is 603 g/mol. The summed E-state index contributed by atoms with van der Waals surface area (Å²) in [6.45, 7) is 23.3. The van der Waals surface area contributed by atoms with Gasteiger partial charge in [0, 0.05) is 0 Å². The normalized spacial score (nSPS) is 8.30. The molecular formula is C42H66O2. The number of benzene rings is 3. The number of phenolic OH excluding ortho intramolecular Hbond substituents is 2. The van der Waals surface area contributed by atoms with Gasteiger partial charge in [-0.25, -0.2) is 0 Å². The van der Waals surface area contributed by atoms with Crippen molar-refractivity contribution >= 4 is 0 Å². The van der Waals surface area contributed by atoms with Crippen molar-refractivity contribution in [2.75, 3.05) is 0 Å². The summed E-state index contributed by atoms with van der Waals surface area (Å²) in [4.78, 5) is 0. The van der Waals surface area contributed by atoms with Gasteiger partial charge in [0.05, 0.1) is 0 Å². The third-order valence-corrected chi connectivity index (χ3v) is 5.18. The number of rotatable bonds is 11. The molecule has 0 heterocycles. The van der Waals surface area contributed by atoms with Crippen LogP contribution in [0.2, 0.25) is 0 Å². The van der Waals surface area contributed by atoms with Crippen LogP contribution >= 0.6 is 0 Å². The zero-order chi connectivity index (χ0) is 33.9. The minimum absolute atomic E-state index is 0.322. The Morgan fingerprint density at radius 1 is 0.432 bits per heavy atom. The fourth-order valence-corrected chi connectivity index (χ4v) is 3.29. The van der Waals surface area contributed by atoms with E-state index in [1.165, 1.54) is 69.8 Å². The molecule has 0 aliphatic heterocycles. The van der Waals surface area contributed by atoms with Crippen molar-refractivity contribution in [2.45, 2.75) is 105 Å². The first kappa shape index (κ1) is 47.2. The van der Waals surface area contributed by atoms with Gasteiger partial charge in [0.15, 0.2) is 0 Å². The molecule has 0 saturated heterocycles. The van der Waals surface area contributed by atoms with Crippen LogP contribution in [0.1, 0.15) is 104 Å². The summed E-state index contributed by atoms with van der Waals surface area (Å²) >= 11 is 0. The van der Waals surface area contributed by atoms with Crippen molar-refractivity contribution in [3.63, 3.8) is 0 Å². The molecule has 0 bridgehead atoms. The first-order valence-electron chi connectivity index (χ1n) is 16.2. The summed E-state index contributed by atoms with van der Waals surface area (Å²) < 4.78 is 0. The van der Waals surface area contributed by atoms with Crippen LogP contribution in [0.15, 0.2) is 142 Å². The maximum absolute atomic E-state index is 9.20. The number of aryl methyl sites for hydroxylation is 1. The lowest BCUT2D eigenvalue weighted by Gasteiger charge is -2.03. The highest BCUT2D eigenvalue weighted by atomic mass is 16.3. The van der Waals surface area contributed by atoms with Crippen molar-refractivity contribution in [3.8, 4) is 11.5 Å². The fraction of sp³-hybridized carbons (Fsp3) is 0.381. The van der Waals surface area contributed by atoms with Gasteiger partial charge in [-0.05, 0) is 70.4 Å². The lowest BCUT2D eigenvalue weighted by molar-refractivity contribution is 0.474. The van der Waals surface area contributed by atoms with Crippen LogP contribution < -0.4 is 0 Å². The molecule has 3 rings (SSSR count). The van der Waals surface area contributed by atoms with Gasteiger partial charge in [0.2, 0.25) is 0 Å². The Balaban J connectivity index is -0.000000260. The summed E-state index contributed by atoms with van der Waals surface area (Å²) in [6, 6.07) is 28.3. The van der Waals surface area contributed by atoms with Gasteiger partial charge in [0.1, 0.15) is 11.5 Å². The molecule has 0 aliphatic rings. The van der Waals surface area contributed by atoms with Gasteiger partial charge >= 0.3 is 0 Å². The molecule has 0 saturated carbocycles. The zero-order valence-corrected chi connectivity index (χ0v) is 29.0. The molecule has 44 heavy (non-hydrogen) atoms. The highest BCUT2D eigenvalue weighted by molar-refractivity contribution is 5.25. The van der Waals surface area contributed by atoms with E-state index in [-0.39, 0.29) is 0 Å². The van der Waals surface area contributed by atoms with Crippen molar-refractivity contribution < 1.29 is 10.2 Å². The average Bonchev–Trinajstić information content (AvgIpc) is 3.03. The number of allylic oxidation sites excluding steroid dienone is 4. The standard InChI is InChI=1S/C18H30O.C6H6O.C6H6.4C3H6/c1-2-3-4-5-6-7-8-9-10-11-12-17-13-15-18(19)16-14-17;7-6-4-2-1-3-5-6;1-2-4-6-5-3-1;4*1-3-2/h13-16,19H,2-12H2,1H3;1-5,7H;1-6H;4*3H,1H2,2H3. The second-order valence-electron chi connectivity index (χ2n) is 9.72. The number of phenols is 2. The monoisotopic (exact) mass is 603 g/mol. The molecule has 0 amide bonds. The molecular weight excluding hydrogens is 536 g/mol. The Bertz CT molecular complexity index is 864. The van der Waals surface area contributed by atoms with Crippen LogP contribution in [-0.4, -0.2) is 10.2 Å². The number of unbranched alkanes of at least 4 members (excludes halogenated alkanes) is 9. The molecule has 0 aromatic heterocycles. The van der Waals surface area contributed by atoms with Gasteiger partial charge in [-0.15, -0.1) is 26.3 Å². The van der Waals surface area contributed by atoms with E-state index in [1.807, 2.05) is 82.3 Å². The highest BCUT2D eigenvalue weighted by Crippen LogP contribution is 2.14. The van der Waals surface area contributed by atoms with Gasteiger partial charge in [-0.1, -0.05) is 156 Å². The van der Waals surface area contributed by atoms with Crippen LogP contribution in [0, 0.1) is 0 Å². The molecule has 0 spiro atoms. The van der Waals surface area contributed by atoms with E-state index in [9.17, 15) is 5.11 Å². The molecule has 246 valence electrons. The smallest absolute Gasteiger partial charge is 0.115 e. The molecule has 0 atom stereocenters. The Labute approximate surface area is 273 Å². The van der Waals surface area contributed by atoms with Crippen LogP contribution in [0.4, 0.5) is 0 Å². The number of para-hydroxylation sites is 1. The molecule has 0 fully saturated rings. The molecule has 2 N–H and O–H groups in total. The minimum atomic E-state index is 0.322. The van der Waals surface area contributed by atoms with Gasteiger partial charge in [0.25, 0.3) is 0 Å². The van der Waals surface area contributed by atoms with Crippen molar-refractivity contribution in [2.24, 2.45) is 0 Å². The van der Waals surface area contributed by atoms with E-state index >= 15 is 0 Å². The molecule has 0 aliphatic carbocycles. The molecule has 0 radical (unpaired) electrons. The summed E-state index contributed by atoms with van der Waals surface area (Å²) in [6.07, 6.45) is 22.0. The third-order valence-electron chi connectivity index (χ3n) is 5.18. The topological polar surface area (TPSA) is 40.5 Å². The van der Waals surface area contributed by atoms with Crippen LogP contribution in [-0.2, 0) is 6.42 Å². The Morgan fingerprint density at radius 2 is 0.705 bits per heavy atom. The Hall–Kier alpha value is -3.78. The summed E-state index contributed by atoms with van der Waals surface area (Å²) in [5.74, 6) is 0.689. The number of aromatic hydroxyl groups is 2. The predicted molar refractivity (Wildman–Crippen MR) is 202 cm³/mol. The van der Waals surface area contributed by atoms with E-state index in [4.69, 9.17) is 5.11 Å². The van der Waals surface area contributed by atoms with E-state index in [0.29, 0.717) is 11.5 Å². The van der Waals surface area contributed by atoms with E-state index < -0.39 is 0 Å². The van der Waals surface area contributed by atoms with Crippen LogP contribution in [0.5, 0.6) is 11.5 Å². The van der Waals surface area contributed by atoms with E-state index in [1.54, 1.807) is 60.7 Å². The Kier molecular flexibility index (Phi) is 49.5. The summed E-state index contributed by atoms with van der Waals surface area (Å²) in [7, 11) is 0. The first-order valence-corrected chi connectivity index (χ1v) is 16.2. The van der Waals surface area contributed by atoms with Crippen LogP contribution in [0.25, 0.3) is 0 Å². The maximum Gasteiger partial charge on any atom is 0.115 e. The summed E-state index contributed by atoms with van der Waals surface area (Å²) in [5.41, 5.74) is 1.34. The van der Waals surface area contributed by atoms with Gasteiger partial charge in [-0.3, -0.25) is 0 Å². The second-order valence-corrected chi connectivity index (χ2v) is 9.72. The minimum Gasteiger partial charge on any atom is -0.508 e. The molecule has 3 aromatic rings. The largest absolute Gasteiger partial charge is 0.508 e.